The van der Waals surface area contributed by atoms with Crippen molar-refractivity contribution in [2.75, 3.05) is 10.8 Å². The van der Waals surface area contributed by atoms with Crippen LogP contribution in [0.4, 0.5) is 5.69 Å². The molecule has 0 amide bonds. The highest BCUT2D eigenvalue weighted by Gasteiger charge is 2.29. The van der Waals surface area contributed by atoms with Crippen LogP contribution < -0.4 is 15.4 Å². The van der Waals surface area contributed by atoms with Gasteiger partial charge in [-0.25, -0.2) is 8.42 Å². The summed E-state index contributed by atoms with van der Waals surface area (Å²) in [6.45, 7) is 2.38. The number of aryl methyl sites for hydroxylation is 2. The zero-order valence-corrected chi connectivity index (χ0v) is 14.9. The van der Waals surface area contributed by atoms with E-state index in [-0.39, 0.29) is 10.4 Å². The number of fused-ring (bicyclic) bond motifs is 2. The highest BCUT2D eigenvalue weighted by Crippen LogP contribution is 2.32. The van der Waals surface area contributed by atoms with Crippen molar-refractivity contribution in [3.05, 3.63) is 68.2 Å². The number of aromatic amines is 2. The second kappa shape index (κ2) is 5.84. The van der Waals surface area contributed by atoms with E-state index in [0.29, 0.717) is 17.7 Å². The maximum Gasteiger partial charge on any atom is 0.314 e. The average molecular weight is 371 g/mol. The fourth-order valence-corrected chi connectivity index (χ4v) is 4.89. The van der Waals surface area contributed by atoms with E-state index in [1.807, 2.05) is 25.1 Å². The Morgan fingerprint density at radius 1 is 0.962 bits per heavy atom. The molecule has 1 aliphatic rings. The van der Waals surface area contributed by atoms with E-state index in [1.165, 1.54) is 22.5 Å². The van der Waals surface area contributed by atoms with Gasteiger partial charge in [0.05, 0.1) is 21.6 Å². The summed E-state index contributed by atoms with van der Waals surface area (Å²) in [4.78, 5) is 27.9. The van der Waals surface area contributed by atoms with Crippen molar-refractivity contribution >= 4 is 26.7 Å². The molecule has 26 heavy (non-hydrogen) atoms. The van der Waals surface area contributed by atoms with Crippen LogP contribution in [0.15, 0.2) is 50.9 Å². The Bertz CT molecular complexity index is 1240. The molecular formula is C18H17N3O4S. The Morgan fingerprint density at radius 3 is 2.46 bits per heavy atom. The number of H-pyrrole nitrogens is 2. The van der Waals surface area contributed by atoms with Gasteiger partial charge in [-0.3, -0.25) is 13.9 Å². The van der Waals surface area contributed by atoms with Crippen molar-refractivity contribution in [1.82, 2.24) is 9.97 Å². The van der Waals surface area contributed by atoms with E-state index in [4.69, 9.17) is 0 Å². The van der Waals surface area contributed by atoms with Gasteiger partial charge >= 0.3 is 11.1 Å². The van der Waals surface area contributed by atoms with Gasteiger partial charge in [0.1, 0.15) is 0 Å². The average Bonchev–Trinajstić information content (AvgIpc) is 2.61. The van der Waals surface area contributed by atoms with Gasteiger partial charge in [0.15, 0.2) is 0 Å². The number of rotatable bonds is 2. The first-order valence-corrected chi connectivity index (χ1v) is 9.69. The van der Waals surface area contributed by atoms with Crippen molar-refractivity contribution < 1.29 is 8.42 Å². The number of benzene rings is 2. The van der Waals surface area contributed by atoms with E-state index >= 15 is 0 Å². The van der Waals surface area contributed by atoms with E-state index in [9.17, 15) is 18.0 Å². The van der Waals surface area contributed by atoms with Crippen LogP contribution in [0.5, 0.6) is 0 Å². The van der Waals surface area contributed by atoms with Gasteiger partial charge < -0.3 is 9.97 Å². The summed E-state index contributed by atoms with van der Waals surface area (Å²) in [6, 6.07) is 10.1. The fraction of sp³-hybridized carbons (Fsp3) is 0.222. The minimum Gasteiger partial charge on any atom is -0.316 e. The van der Waals surface area contributed by atoms with Crippen molar-refractivity contribution in [3.63, 3.8) is 0 Å². The quantitative estimate of drug-likeness (QED) is 0.669. The fourth-order valence-electron chi connectivity index (χ4n) is 3.32. The van der Waals surface area contributed by atoms with Crippen LogP contribution in [-0.4, -0.2) is 24.9 Å². The molecule has 0 unspecified atom stereocenters. The molecule has 134 valence electrons. The molecule has 0 atom stereocenters. The second-order valence-electron chi connectivity index (χ2n) is 6.43. The summed E-state index contributed by atoms with van der Waals surface area (Å²) in [6.07, 6.45) is 1.59. The van der Waals surface area contributed by atoms with Gasteiger partial charge in [0, 0.05) is 6.54 Å². The molecule has 0 radical (unpaired) electrons. The third-order valence-corrected chi connectivity index (χ3v) is 6.40. The third kappa shape index (κ3) is 2.62. The lowest BCUT2D eigenvalue weighted by atomic mass is 10.0. The van der Waals surface area contributed by atoms with Crippen molar-refractivity contribution in [1.29, 1.82) is 0 Å². The predicted molar refractivity (Wildman–Crippen MR) is 99.2 cm³/mol. The van der Waals surface area contributed by atoms with Crippen LogP contribution in [0.3, 0.4) is 0 Å². The molecule has 1 aromatic heterocycles. The van der Waals surface area contributed by atoms with Crippen LogP contribution in [0.25, 0.3) is 11.0 Å². The summed E-state index contributed by atoms with van der Waals surface area (Å²) in [5, 5.41) is 0. The monoisotopic (exact) mass is 371 g/mol. The summed E-state index contributed by atoms with van der Waals surface area (Å²) in [5.74, 6) is 0. The smallest absolute Gasteiger partial charge is 0.314 e. The number of hydrogen-bond acceptors (Lipinski definition) is 4. The minimum absolute atomic E-state index is 0.0705. The van der Waals surface area contributed by atoms with Gasteiger partial charge in [0.25, 0.3) is 10.0 Å². The Kier molecular flexibility index (Phi) is 3.73. The number of hydrogen-bond donors (Lipinski definition) is 2. The molecule has 1 aliphatic heterocycles. The number of aromatic nitrogens is 2. The van der Waals surface area contributed by atoms with Gasteiger partial charge in [-0.2, -0.15) is 0 Å². The Labute approximate surface area is 149 Å². The van der Waals surface area contributed by atoms with Crippen LogP contribution >= 0.6 is 0 Å². The molecule has 2 aromatic carbocycles. The maximum atomic E-state index is 13.2. The first-order chi connectivity index (χ1) is 12.4. The number of nitrogens with zero attached hydrogens (tertiary/aromatic N) is 1. The molecule has 8 heteroatoms. The Balaban J connectivity index is 1.85. The van der Waals surface area contributed by atoms with E-state index in [2.05, 4.69) is 9.97 Å². The van der Waals surface area contributed by atoms with Gasteiger partial charge in [-0.05, 0) is 49.6 Å². The molecule has 0 aliphatic carbocycles. The van der Waals surface area contributed by atoms with Crippen molar-refractivity contribution in [2.45, 2.75) is 24.7 Å². The summed E-state index contributed by atoms with van der Waals surface area (Å²) >= 11 is 0. The molecule has 0 saturated carbocycles. The van der Waals surface area contributed by atoms with Crippen molar-refractivity contribution in [3.8, 4) is 0 Å². The van der Waals surface area contributed by atoms with Crippen molar-refractivity contribution in [2.24, 2.45) is 0 Å². The minimum atomic E-state index is -3.78. The topological polar surface area (TPSA) is 103 Å². The van der Waals surface area contributed by atoms with Gasteiger partial charge in [0.2, 0.25) is 0 Å². The molecule has 4 rings (SSSR count). The number of anilines is 1. The third-order valence-electron chi connectivity index (χ3n) is 4.59. The van der Waals surface area contributed by atoms with Crippen LogP contribution in [-0.2, 0) is 16.4 Å². The van der Waals surface area contributed by atoms with Crippen LogP contribution in [0, 0.1) is 6.92 Å². The molecule has 7 nitrogen and oxygen atoms in total. The molecule has 0 saturated heterocycles. The summed E-state index contributed by atoms with van der Waals surface area (Å²) in [7, 11) is -3.78. The lowest BCUT2D eigenvalue weighted by Gasteiger charge is -2.30. The number of sulfonamides is 1. The lowest BCUT2D eigenvalue weighted by molar-refractivity contribution is 0.586. The highest BCUT2D eigenvalue weighted by atomic mass is 32.2. The molecule has 0 spiro atoms. The molecule has 2 heterocycles. The molecular weight excluding hydrogens is 354 g/mol. The number of nitrogens with one attached hydrogen (secondary N) is 2. The molecule has 2 N–H and O–H groups in total. The first kappa shape index (κ1) is 16.6. The molecule has 0 fully saturated rings. The van der Waals surface area contributed by atoms with E-state index in [1.54, 1.807) is 0 Å². The standard InChI is InChI=1S/C18H17N3O4S/c1-11-4-7-16-12(9-11)3-2-8-21(16)26(24,25)13-5-6-14-15(10-13)20-18(23)17(22)19-14/h4-7,9-10H,2-3,8H2,1H3,(H,19,22)(H,20,23). The van der Waals surface area contributed by atoms with E-state index < -0.39 is 21.1 Å². The Morgan fingerprint density at radius 2 is 1.69 bits per heavy atom. The lowest BCUT2D eigenvalue weighted by Crippen LogP contribution is -2.35. The highest BCUT2D eigenvalue weighted by molar-refractivity contribution is 7.92. The maximum absolute atomic E-state index is 13.2. The summed E-state index contributed by atoms with van der Waals surface area (Å²) in [5.41, 5.74) is 1.87. The first-order valence-electron chi connectivity index (χ1n) is 8.25. The molecule has 3 aromatic rings. The van der Waals surface area contributed by atoms with Crippen LogP contribution in [0.1, 0.15) is 17.5 Å². The van der Waals surface area contributed by atoms with Gasteiger partial charge in [-0.15, -0.1) is 0 Å². The normalized spacial score (nSPS) is 14.4. The summed E-state index contributed by atoms with van der Waals surface area (Å²) < 4.78 is 27.8. The zero-order chi connectivity index (χ0) is 18.5. The molecule has 0 bridgehead atoms. The van der Waals surface area contributed by atoms with E-state index in [0.717, 1.165) is 24.0 Å². The zero-order valence-electron chi connectivity index (χ0n) is 14.1. The van der Waals surface area contributed by atoms with Gasteiger partial charge in [-0.1, -0.05) is 17.7 Å². The Hall–Kier alpha value is -2.87. The van der Waals surface area contributed by atoms with Crippen LogP contribution in [0.2, 0.25) is 0 Å². The predicted octanol–water partition coefficient (Wildman–Crippen LogP) is 1.67. The SMILES string of the molecule is Cc1ccc2c(c1)CCCN2S(=O)(=O)c1ccc2[nH]c(=O)c(=O)[nH]c2c1. The largest absolute Gasteiger partial charge is 0.316 e. The second-order valence-corrected chi connectivity index (χ2v) is 8.29.